The van der Waals surface area contributed by atoms with Crippen LogP contribution in [0.4, 0.5) is 0 Å². The van der Waals surface area contributed by atoms with Crippen molar-refractivity contribution in [2.45, 2.75) is 19.6 Å². The van der Waals surface area contributed by atoms with E-state index in [0.717, 1.165) is 5.56 Å². The molecule has 9 nitrogen and oxygen atoms in total. The molecule has 0 unspecified atom stereocenters. The highest BCUT2D eigenvalue weighted by Crippen LogP contribution is 2.19. The molecular weight excluding hydrogens is 426 g/mol. The molecule has 0 saturated carbocycles. The van der Waals surface area contributed by atoms with Crippen molar-refractivity contribution in [2.24, 2.45) is 0 Å². The topological polar surface area (TPSA) is 128 Å². The van der Waals surface area contributed by atoms with Crippen LogP contribution in [0.3, 0.4) is 0 Å². The van der Waals surface area contributed by atoms with E-state index in [2.05, 4.69) is 15.5 Å². The molecule has 0 aliphatic carbocycles. The third-order valence-electron chi connectivity index (χ3n) is 4.86. The first-order valence-electron chi connectivity index (χ1n) is 10.2. The second-order valence-electron chi connectivity index (χ2n) is 7.22. The Morgan fingerprint density at radius 1 is 1.12 bits per heavy atom. The summed E-state index contributed by atoms with van der Waals surface area (Å²) in [4.78, 5) is 28.3. The summed E-state index contributed by atoms with van der Waals surface area (Å²) in [5.74, 6) is 0.0475. The fourth-order valence-electron chi connectivity index (χ4n) is 3.07. The number of aliphatic hydroxyl groups excluding tert-OH is 1. The standard InChI is InChI=1S/C24H21N3O6/c1-15-21(19(28)11-12-31-15)32-14-16-7-9-18(10-8-16)22-26-24(33-27-22)23(30)25-13-20(29)17-5-3-2-4-6-17/h2-12,20,29H,13-14H2,1H3,(H,25,30)/t20-/m1/s1. The van der Waals surface area contributed by atoms with Gasteiger partial charge in [0, 0.05) is 18.2 Å². The Balaban J connectivity index is 1.35. The minimum Gasteiger partial charge on any atom is -0.482 e. The molecule has 2 aromatic heterocycles. The summed E-state index contributed by atoms with van der Waals surface area (Å²) >= 11 is 0. The number of rotatable bonds is 8. The number of amides is 1. The van der Waals surface area contributed by atoms with Crippen molar-refractivity contribution in [1.82, 2.24) is 15.5 Å². The SMILES string of the molecule is Cc1occc(=O)c1OCc1ccc(-c2noc(C(=O)NC[C@@H](O)c3ccccc3)n2)cc1. The zero-order chi connectivity index (χ0) is 23.2. The molecule has 0 aliphatic heterocycles. The Morgan fingerprint density at radius 3 is 2.61 bits per heavy atom. The molecule has 33 heavy (non-hydrogen) atoms. The number of hydrogen-bond acceptors (Lipinski definition) is 8. The molecule has 2 aromatic carbocycles. The second-order valence-corrected chi connectivity index (χ2v) is 7.22. The van der Waals surface area contributed by atoms with Gasteiger partial charge in [0.15, 0.2) is 0 Å². The van der Waals surface area contributed by atoms with Crippen molar-refractivity contribution in [1.29, 1.82) is 0 Å². The molecule has 0 aliphatic rings. The van der Waals surface area contributed by atoms with Gasteiger partial charge in [0.1, 0.15) is 12.4 Å². The Kier molecular flexibility index (Phi) is 6.61. The van der Waals surface area contributed by atoms with E-state index in [1.165, 1.54) is 12.3 Å². The zero-order valence-electron chi connectivity index (χ0n) is 17.7. The summed E-state index contributed by atoms with van der Waals surface area (Å²) in [7, 11) is 0. The highest BCUT2D eigenvalue weighted by Gasteiger charge is 2.18. The predicted molar refractivity (Wildman–Crippen MR) is 118 cm³/mol. The maximum absolute atomic E-state index is 12.3. The lowest BCUT2D eigenvalue weighted by atomic mass is 10.1. The maximum atomic E-state index is 12.3. The molecule has 0 saturated heterocycles. The molecule has 0 spiro atoms. The molecular formula is C24H21N3O6. The maximum Gasteiger partial charge on any atom is 0.316 e. The molecule has 168 valence electrons. The number of nitrogens with zero attached hydrogens (tertiary/aromatic N) is 2. The predicted octanol–water partition coefficient (Wildman–Crippen LogP) is 3.04. The smallest absolute Gasteiger partial charge is 0.316 e. The monoisotopic (exact) mass is 447 g/mol. The Labute approximate surface area is 188 Å². The van der Waals surface area contributed by atoms with Crippen molar-refractivity contribution >= 4 is 5.91 Å². The zero-order valence-corrected chi connectivity index (χ0v) is 17.7. The van der Waals surface area contributed by atoms with E-state index in [-0.39, 0.29) is 36.0 Å². The average Bonchev–Trinajstić information content (AvgIpc) is 3.33. The van der Waals surface area contributed by atoms with E-state index < -0.39 is 12.0 Å². The first-order valence-corrected chi connectivity index (χ1v) is 10.2. The third kappa shape index (κ3) is 5.34. The molecule has 0 radical (unpaired) electrons. The van der Waals surface area contributed by atoms with E-state index >= 15 is 0 Å². The molecule has 0 fully saturated rings. The second kappa shape index (κ2) is 9.92. The highest BCUT2D eigenvalue weighted by atomic mass is 16.5. The van der Waals surface area contributed by atoms with Gasteiger partial charge in [-0.05, 0) is 18.1 Å². The molecule has 4 aromatic rings. The van der Waals surface area contributed by atoms with Crippen LogP contribution >= 0.6 is 0 Å². The van der Waals surface area contributed by atoms with Crippen molar-refractivity contribution in [3.8, 4) is 17.1 Å². The van der Waals surface area contributed by atoms with Crippen LogP contribution in [0.2, 0.25) is 0 Å². The van der Waals surface area contributed by atoms with Gasteiger partial charge in [-0.15, -0.1) is 0 Å². The van der Waals surface area contributed by atoms with Crippen LogP contribution in [0.15, 0.2) is 80.7 Å². The summed E-state index contributed by atoms with van der Waals surface area (Å²) < 4.78 is 15.8. The summed E-state index contributed by atoms with van der Waals surface area (Å²) in [6, 6.07) is 17.4. The Hall–Kier alpha value is -4.24. The van der Waals surface area contributed by atoms with Gasteiger partial charge in [0.2, 0.25) is 17.0 Å². The van der Waals surface area contributed by atoms with Crippen LogP contribution < -0.4 is 15.5 Å². The van der Waals surface area contributed by atoms with Crippen molar-refractivity contribution in [3.63, 3.8) is 0 Å². The summed E-state index contributed by atoms with van der Waals surface area (Å²) in [5, 5.41) is 16.6. The molecule has 1 atom stereocenters. The number of aliphatic hydroxyl groups is 1. The molecule has 9 heteroatoms. The van der Waals surface area contributed by atoms with Gasteiger partial charge in [0.05, 0.1) is 12.4 Å². The number of nitrogens with one attached hydrogen (secondary N) is 1. The number of benzene rings is 2. The fourth-order valence-corrected chi connectivity index (χ4v) is 3.07. The van der Waals surface area contributed by atoms with E-state index in [1.807, 2.05) is 18.2 Å². The molecule has 1 amide bonds. The Morgan fingerprint density at radius 2 is 1.88 bits per heavy atom. The average molecular weight is 447 g/mol. The number of hydrogen-bond donors (Lipinski definition) is 2. The van der Waals surface area contributed by atoms with Crippen molar-refractivity contribution < 1.29 is 23.6 Å². The van der Waals surface area contributed by atoms with Crippen LogP contribution in [0, 0.1) is 6.92 Å². The summed E-state index contributed by atoms with van der Waals surface area (Å²) in [5.41, 5.74) is 1.90. The minimum atomic E-state index is -0.849. The van der Waals surface area contributed by atoms with Crippen molar-refractivity contribution in [3.05, 3.63) is 99.9 Å². The number of aromatic nitrogens is 2. The van der Waals surface area contributed by atoms with E-state index in [4.69, 9.17) is 13.7 Å². The van der Waals surface area contributed by atoms with Gasteiger partial charge in [0.25, 0.3) is 0 Å². The van der Waals surface area contributed by atoms with Gasteiger partial charge >= 0.3 is 11.8 Å². The number of aryl methyl sites for hydroxylation is 1. The van der Waals surface area contributed by atoms with Gasteiger partial charge < -0.3 is 24.1 Å². The van der Waals surface area contributed by atoms with Gasteiger partial charge in [-0.2, -0.15) is 4.98 Å². The Bertz CT molecular complexity index is 1280. The molecule has 0 bridgehead atoms. The van der Waals surface area contributed by atoms with Crippen LogP contribution in [0.1, 0.15) is 33.7 Å². The lowest BCUT2D eigenvalue weighted by Gasteiger charge is -2.10. The highest BCUT2D eigenvalue weighted by molar-refractivity contribution is 5.89. The number of carbonyl (C=O) groups is 1. The van der Waals surface area contributed by atoms with Gasteiger partial charge in [-0.3, -0.25) is 9.59 Å². The van der Waals surface area contributed by atoms with Crippen LogP contribution in [-0.4, -0.2) is 27.7 Å². The first-order chi connectivity index (χ1) is 16.0. The lowest BCUT2D eigenvalue weighted by Crippen LogP contribution is -2.28. The third-order valence-corrected chi connectivity index (χ3v) is 4.86. The summed E-state index contributed by atoms with van der Waals surface area (Å²) in [6.45, 7) is 1.85. The largest absolute Gasteiger partial charge is 0.482 e. The van der Waals surface area contributed by atoms with Gasteiger partial charge in [-0.1, -0.05) is 59.8 Å². The van der Waals surface area contributed by atoms with Crippen LogP contribution in [0.5, 0.6) is 5.75 Å². The van der Waals surface area contributed by atoms with Crippen LogP contribution in [-0.2, 0) is 6.61 Å². The fraction of sp³-hybridized carbons (Fsp3) is 0.167. The minimum absolute atomic E-state index is 0.00843. The lowest BCUT2D eigenvalue weighted by molar-refractivity contribution is 0.0873. The number of carbonyl (C=O) groups excluding carboxylic acids is 1. The quantitative estimate of drug-likeness (QED) is 0.422. The van der Waals surface area contributed by atoms with E-state index in [1.54, 1.807) is 43.3 Å². The molecule has 2 N–H and O–H groups in total. The van der Waals surface area contributed by atoms with Gasteiger partial charge in [-0.25, -0.2) is 0 Å². The number of ether oxygens (including phenoxy) is 1. The first kappa shape index (κ1) is 22.0. The van der Waals surface area contributed by atoms with E-state index in [0.29, 0.717) is 16.9 Å². The van der Waals surface area contributed by atoms with Crippen LogP contribution in [0.25, 0.3) is 11.4 Å². The van der Waals surface area contributed by atoms with Crippen molar-refractivity contribution in [2.75, 3.05) is 6.54 Å². The summed E-state index contributed by atoms with van der Waals surface area (Å²) in [6.07, 6.45) is 0.475. The normalized spacial score (nSPS) is 11.7. The van der Waals surface area contributed by atoms with E-state index in [9.17, 15) is 14.7 Å². The molecule has 2 heterocycles. The molecule has 4 rings (SSSR count).